The van der Waals surface area contributed by atoms with Crippen molar-refractivity contribution in [1.29, 1.82) is 0 Å². The Labute approximate surface area is 120 Å². The molecule has 0 spiro atoms. The molecule has 2 N–H and O–H groups in total. The summed E-state index contributed by atoms with van der Waals surface area (Å²) in [5, 5.41) is 5.82. The third kappa shape index (κ3) is 3.50. The highest BCUT2D eigenvalue weighted by molar-refractivity contribution is 5.99. The minimum atomic E-state index is -0.394. The van der Waals surface area contributed by atoms with Crippen molar-refractivity contribution in [2.45, 2.75) is 45.1 Å². The summed E-state index contributed by atoms with van der Waals surface area (Å²) in [4.78, 5) is 12.3. The van der Waals surface area contributed by atoms with Crippen LogP contribution in [0.15, 0.2) is 18.2 Å². The van der Waals surface area contributed by atoms with Crippen LogP contribution in [0.3, 0.4) is 0 Å². The van der Waals surface area contributed by atoms with E-state index in [0.29, 0.717) is 5.56 Å². The molecule has 1 aromatic carbocycles. The highest BCUT2D eigenvalue weighted by Crippen LogP contribution is 2.24. The van der Waals surface area contributed by atoms with Gasteiger partial charge in [0, 0.05) is 13.1 Å². The highest BCUT2D eigenvalue weighted by Gasteiger charge is 2.20. The van der Waals surface area contributed by atoms with Crippen LogP contribution in [-0.4, -0.2) is 19.0 Å². The van der Waals surface area contributed by atoms with Crippen molar-refractivity contribution in [2.24, 2.45) is 5.92 Å². The van der Waals surface area contributed by atoms with Gasteiger partial charge in [0.2, 0.25) is 0 Å². The van der Waals surface area contributed by atoms with E-state index < -0.39 is 5.82 Å². The average molecular weight is 278 g/mol. The standard InChI is InChI=1S/C16H23FN2O/c1-11-5-3-6-12(10-9-11)19-16(20)13-7-4-8-14(17)15(13)18-2/h4,7-8,11-12,18H,3,5-6,9-10H2,1-2H3,(H,19,20). The highest BCUT2D eigenvalue weighted by atomic mass is 19.1. The second-order valence-corrected chi connectivity index (χ2v) is 5.70. The summed E-state index contributed by atoms with van der Waals surface area (Å²) in [6.45, 7) is 2.26. The number of rotatable bonds is 3. The van der Waals surface area contributed by atoms with E-state index in [4.69, 9.17) is 0 Å². The maximum atomic E-state index is 13.7. The number of carbonyl (C=O) groups excluding carboxylic acids is 1. The molecule has 0 saturated heterocycles. The summed E-state index contributed by atoms with van der Waals surface area (Å²) < 4.78 is 13.7. The number of hydrogen-bond donors (Lipinski definition) is 2. The zero-order chi connectivity index (χ0) is 14.5. The van der Waals surface area contributed by atoms with Crippen LogP contribution in [0.5, 0.6) is 0 Å². The van der Waals surface area contributed by atoms with Crippen molar-refractivity contribution in [3.8, 4) is 0 Å². The third-order valence-corrected chi connectivity index (χ3v) is 4.10. The molecule has 0 aliphatic heterocycles. The van der Waals surface area contributed by atoms with Gasteiger partial charge in [-0.3, -0.25) is 4.79 Å². The lowest BCUT2D eigenvalue weighted by Gasteiger charge is -2.18. The van der Waals surface area contributed by atoms with Crippen LogP contribution in [0.4, 0.5) is 10.1 Å². The summed E-state index contributed by atoms with van der Waals surface area (Å²) in [7, 11) is 1.63. The molecule has 1 aliphatic rings. The Morgan fingerprint density at radius 2 is 2.05 bits per heavy atom. The number of hydrogen-bond acceptors (Lipinski definition) is 2. The van der Waals surface area contributed by atoms with Crippen molar-refractivity contribution in [3.63, 3.8) is 0 Å². The van der Waals surface area contributed by atoms with Gasteiger partial charge in [-0.25, -0.2) is 4.39 Å². The Morgan fingerprint density at radius 3 is 2.80 bits per heavy atom. The predicted octanol–water partition coefficient (Wildman–Crippen LogP) is 3.57. The number of para-hydroxylation sites is 1. The van der Waals surface area contributed by atoms with Gasteiger partial charge in [0.25, 0.3) is 5.91 Å². The molecule has 0 heterocycles. The zero-order valence-corrected chi connectivity index (χ0v) is 12.2. The van der Waals surface area contributed by atoms with E-state index in [1.165, 1.54) is 12.5 Å². The summed E-state index contributed by atoms with van der Waals surface area (Å²) in [6, 6.07) is 4.79. The Bertz CT molecular complexity index is 476. The minimum absolute atomic E-state index is 0.187. The van der Waals surface area contributed by atoms with Gasteiger partial charge in [-0.05, 0) is 37.3 Å². The van der Waals surface area contributed by atoms with Crippen LogP contribution >= 0.6 is 0 Å². The lowest BCUT2D eigenvalue weighted by atomic mass is 10.0. The molecule has 1 saturated carbocycles. The second-order valence-electron chi connectivity index (χ2n) is 5.70. The molecular weight excluding hydrogens is 255 g/mol. The fourth-order valence-corrected chi connectivity index (χ4v) is 2.86. The Hall–Kier alpha value is -1.58. The smallest absolute Gasteiger partial charge is 0.253 e. The molecule has 1 amide bonds. The molecule has 2 atom stereocenters. The molecule has 2 rings (SSSR count). The van der Waals surface area contributed by atoms with Gasteiger partial charge < -0.3 is 10.6 Å². The molecule has 1 aliphatic carbocycles. The molecule has 1 fully saturated rings. The lowest BCUT2D eigenvalue weighted by Crippen LogP contribution is -2.34. The predicted molar refractivity (Wildman–Crippen MR) is 79.4 cm³/mol. The van der Waals surface area contributed by atoms with Gasteiger partial charge in [0.05, 0.1) is 11.3 Å². The van der Waals surface area contributed by atoms with Crippen LogP contribution in [0.1, 0.15) is 49.4 Å². The van der Waals surface area contributed by atoms with Crippen LogP contribution < -0.4 is 10.6 Å². The largest absolute Gasteiger partial charge is 0.385 e. The first-order valence-corrected chi connectivity index (χ1v) is 7.39. The van der Waals surface area contributed by atoms with Gasteiger partial charge in [0.1, 0.15) is 5.82 Å². The van der Waals surface area contributed by atoms with Crippen molar-refractivity contribution < 1.29 is 9.18 Å². The monoisotopic (exact) mass is 278 g/mol. The van der Waals surface area contributed by atoms with E-state index >= 15 is 0 Å². The number of anilines is 1. The SMILES string of the molecule is CNc1c(F)cccc1C(=O)NC1CCCC(C)CC1. The lowest BCUT2D eigenvalue weighted by molar-refractivity contribution is 0.0933. The summed E-state index contributed by atoms with van der Waals surface area (Å²) in [5.41, 5.74) is 0.650. The number of benzene rings is 1. The molecular formula is C16H23FN2O. The molecule has 1 aromatic rings. The van der Waals surface area contributed by atoms with E-state index in [1.807, 2.05) is 0 Å². The van der Waals surface area contributed by atoms with Crippen molar-refractivity contribution in [3.05, 3.63) is 29.6 Å². The molecule has 0 radical (unpaired) electrons. The van der Waals surface area contributed by atoms with E-state index in [1.54, 1.807) is 19.2 Å². The Kier molecular flexibility index (Phi) is 4.99. The number of amides is 1. The summed E-state index contributed by atoms with van der Waals surface area (Å²) >= 11 is 0. The fourth-order valence-electron chi connectivity index (χ4n) is 2.86. The second kappa shape index (κ2) is 6.73. The summed E-state index contributed by atoms with van der Waals surface area (Å²) in [5.74, 6) is 0.155. The Morgan fingerprint density at radius 1 is 1.25 bits per heavy atom. The first-order chi connectivity index (χ1) is 9.61. The molecule has 110 valence electrons. The molecule has 0 bridgehead atoms. The van der Waals surface area contributed by atoms with E-state index in [9.17, 15) is 9.18 Å². The maximum Gasteiger partial charge on any atom is 0.253 e. The maximum absolute atomic E-state index is 13.7. The molecule has 20 heavy (non-hydrogen) atoms. The number of carbonyl (C=O) groups is 1. The van der Waals surface area contributed by atoms with Gasteiger partial charge in [-0.1, -0.05) is 25.8 Å². The Balaban J connectivity index is 2.06. The van der Waals surface area contributed by atoms with Crippen molar-refractivity contribution >= 4 is 11.6 Å². The first-order valence-electron chi connectivity index (χ1n) is 7.39. The minimum Gasteiger partial charge on any atom is -0.385 e. The summed E-state index contributed by atoms with van der Waals surface area (Å²) in [6.07, 6.45) is 5.55. The van der Waals surface area contributed by atoms with Gasteiger partial charge in [-0.15, -0.1) is 0 Å². The number of halogens is 1. The van der Waals surface area contributed by atoms with Crippen LogP contribution in [0, 0.1) is 11.7 Å². The third-order valence-electron chi connectivity index (χ3n) is 4.10. The fraction of sp³-hybridized carbons (Fsp3) is 0.562. The van der Waals surface area contributed by atoms with Crippen molar-refractivity contribution in [2.75, 3.05) is 12.4 Å². The normalized spacial score (nSPS) is 22.9. The topological polar surface area (TPSA) is 41.1 Å². The molecule has 0 aromatic heterocycles. The van der Waals surface area contributed by atoms with Crippen LogP contribution in [0.2, 0.25) is 0 Å². The number of nitrogens with one attached hydrogen (secondary N) is 2. The van der Waals surface area contributed by atoms with Crippen LogP contribution in [-0.2, 0) is 0 Å². The quantitative estimate of drug-likeness (QED) is 0.830. The van der Waals surface area contributed by atoms with Crippen LogP contribution in [0.25, 0.3) is 0 Å². The van der Waals surface area contributed by atoms with Gasteiger partial charge >= 0.3 is 0 Å². The van der Waals surface area contributed by atoms with E-state index in [-0.39, 0.29) is 17.6 Å². The van der Waals surface area contributed by atoms with E-state index in [0.717, 1.165) is 31.6 Å². The molecule has 4 heteroatoms. The first kappa shape index (κ1) is 14.8. The average Bonchev–Trinajstić information content (AvgIpc) is 2.63. The van der Waals surface area contributed by atoms with E-state index in [2.05, 4.69) is 17.6 Å². The van der Waals surface area contributed by atoms with Gasteiger partial charge in [-0.2, -0.15) is 0 Å². The van der Waals surface area contributed by atoms with Crippen molar-refractivity contribution in [1.82, 2.24) is 5.32 Å². The molecule has 3 nitrogen and oxygen atoms in total. The van der Waals surface area contributed by atoms with Gasteiger partial charge in [0.15, 0.2) is 0 Å². The zero-order valence-electron chi connectivity index (χ0n) is 12.2. The molecule has 2 unspecified atom stereocenters.